The summed E-state index contributed by atoms with van der Waals surface area (Å²) in [6.45, 7) is 2.67. The van der Waals surface area contributed by atoms with Crippen molar-refractivity contribution >= 4 is 23.2 Å². The maximum atomic E-state index is 12.4. The number of aliphatic hydroxyl groups is 1. The lowest BCUT2D eigenvalue weighted by Gasteiger charge is -2.23. The van der Waals surface area contributed by atoms with E-state index in [1.165, 1.54) is 24.0 Å². The molecule has 1 saturated heterocycles. The maximum Gasteiger partial charge on any atom is 0.348 e. The SMILES string of the molecule is COC(=O)c1ccc(CCCN2C(=O)CCC2C=C[C@@H](O)[C@@H](C)CC#CCCc2ccccc2)s1. The van der Waals surface area contributed by atoms with Crippen LogP contribution < -0.4 is 0 Å². The third kappa shape index (κ3) is 8.38. The number of esters is 1. The molecule has 6 heteroatoms. The van der Waals surface area contributed by atoms with Gasteiger partial charge in [0.1, 0.15) is 4.88 Å². The molecule has 0 bridgehead atoms. The van der Waals surface area contributed by atoms with Crippen molar-refractivity contribution in [1.29, 1.82) is 0 Å². The van der Waals surface area contributed by atoms with E-state index in [9.17, 15) is 14.7 Å². The van der Waals surface area contributed by atoms with E-state index in [4.69, 9.17) is 4.74 Å². The van der Waals surface area contributed by atoms with Crippen molar-refractivity contribution in [3.8, 4) is 11.8 Å². The second-order valence-electron chi connectivity index (χ2n) is 8.95. The number of aliphatic hydroxyl groups excluding tert-OH is 1. The van der Waals surface area contributed by atoms with Crippen molar-refractivity contribution in [1.82, 2.24) is 4.90 Å². The van der Waals surface area contributed by atoms with Crippen LogP contribution in [0.5, 0.6) is 0 Å². The minimum Gasteiger partial charge on any atom is -0.465 e. The van der Waals surface area contributed by atoms with Gasteiger partial charge in [-0.1, -0.05) is 49.4 Å². The molecule has 1 N–H and O–H groups in total. The molecule has 1 fully saturated rings. The number of aryl methyl sites for hydroxylation is 2. The quantitative estimate of drug-likeness (QED) is 0.271. The summed E-state index contributed by atoms with van der Waals surface area (Å²) in [7, 11) is 1.38. The Bertz CT molecular complexity index is 1050. The molecule has 5 nitrogen and oxygen atoms in total. The van der Waals surface area contributed by atoms with E-state index in [-0.39, 0.29) is 23.8 Å². The van der Waals surface area contributed by atoms with Crippen molar-refractivity contribution in [2.75, 3.05) is 13.7 Å². The molecule has 0 radical (unpaired) electrons. The fourth-order valence-corrected chi connectivity index (χ4v) is 5.09. The molecular weight excluding hydrogens is 458 g/mol. The Morgan fingerprint density at radius 1 is 1.23 bits per heavy atom. The van der Waals surface area contributed by atoms with E-state index in [1.54, 1.807) is 6.07 Å². The van der Waals surface area contributed by atoms with Gasteiger partial charge in [-0.2, -0.15) is 0 Å². The van der Waals surface area contributed by atoms with E-state index in [0.29, 0.717) is 24.3 Å². The van der Waals surface area contributed by atoms with Gasteiger partial charge in [0.2, 0.25) is 5.91 Å². The average Bonchev–Trinajstić information content (AvgIpc) is 3.49. The number of carbonyl (C=O) groups is 2. The first-order chi connectivity index (χ1) is 17.0. The Morgan fingerprint density at radius 2 is 2.03 bits per heavy atom. The van der Waals surface area contributed by atoms with Crippen LogP contribution >= 0.6 is 11.3 Å². The molecule has 2 aromatic rings. The largest absolute Gasteiger partial charge is 0.465 e. The fraction of sp³-hybridized carbons (Fsp3) is 0.448. The van der Waals surface area contributed by atoms with Crippen molar-refractivity contribution in [3.63, 3.8) is 0 Å². The highest BCUT2D eigenvalue weighted by molar-refractivity contribution is 7.13. The zero-order chi connectivity index (χ0) is 25.0. The van der Waals surface area contributed by atoms with Gasteiger partial charge >= 0.3 is 5.97 Å². The van der Waals surface area contributed by atoms with Gasteiger partial charge in [-0.05, 0) is 49.3 Å². The van der Waals surface area contributed by atoms with Crippen molar-refractivity contribution in [3.05, 3.63) is 69.9 Å². The van der Waals surface area contributed by atoms with Crippen LogP contribution in [-0.2, 0) is 22.4 Å². The molecular formula is C29H35NO4S. The number of hydrogen-bond donors (Lipinski definition) is 1. The zero-order valence-electron chi connectivity index (χ0n) is 20.6. The second kappa shape index (κ2) is 13.9. The maximum absolute atomic E-state index is 12.4. The number of carbonyl (C=O) groups excluding carboxylic acids is 2. The highest BCUT2D eigenvalue weighted by Crippen LogP contribution is 2.23. The highest BCUT2D eigenvalue weighted by Gasteiger charge is 2.28. The number of likely N-dealkylation sites (tertiary alicyclic amines) is 1. The van der Waals surface area contributed by atoms with Crippen LogP contribution in [0.1, 0.15) is 59.1 Å². The second-order valence-corrected chi connectivity index (χ2v) is 10.1. The predicted molar refractivity (Wildman–Crippen MR) is 140 cm³/mol. The lowest BCUT2D eigenvalue weighted by Crippen LogP contribution is -2.33. The Balaban J connectivity index is 1.41. The van der Waals surface area contributed by atoms with Gasteiger partial charge in [0, 0.05) is 30.7 Å². The third-order valence-corrected chi connectivity index (χ3v) is 7.41. The van der Waals surface area contributed by atoms with Crippen LogP contribution in [0.3, 0.4) is 0 Å². The highest BCUT2D eigenvalue weighted by atomic mass is 32.1. The first-order valence-corrected chi connectivity index (χ1v) is 13.1. The number of hydrogen-bond acceptors (Lipinski definition) is 5. The monoisotopic (exact) mass is 493 g/mol. The number of amides is 1. The fourth-order valence-electron chi connectivity index (χ4n) is 4.12. The lowest BCUT2D eigenvalue weighted by atomic mass is 9.99. The van der Waals surface area contributed by atoms with Gasteiger partial charge in [-0.3, -0.25) is 4.79 Å². The third-order valence-electron chi connectivity index (χ3n) is 6.29. The van der Waals surface area contributed by atoms with Crippen LogP contribution in [0.4, 0.5) is 0 Å². The summed E-state index contributed by atoms with van der Waals surface area (Å²) in [6, 6.07) is 14.1. The van der Waals surface area contributed by atoms with Crippen molar-refractivity contribution in [2.24, 2.45) is 5.92 Å². The van der Waals surface area contributed by atoms with Gasteiger partial charge in [-0.15, -0.1) is 23.2 Å². The first kappa shape index (κ1) is 26.7. The summed E-state index contributed by atoms with van der Waals surface area (Å²) in [6.07, 6.45) is 8.58. The molecule has 0 saturated carbocycles. The minimum atomic E-state index is -0.584. The Kier molecular flexibility index (Phi) is 10.6. The molecule has 2 heterocycles. The standard InChI is InChI=1S/C29H35NO4S/c1-22(10-5-3-6-11-23-12-7-4-8-13-23)26(31)18-15-24-16-20-28(32)30(24)21-9-14-25-17-19-27(35-25)29(33)34-2/h4,7-8,12-13,15,17-19,22,24,26,31H,6,9-11,14,16,20-21H2,1-2H3/t22-,24?,26+/m0/s1. The van der Waals surface area contributed by atoms with E-state index < -0.39 is 6.10 Å². The summed E-state index contributed by atoms with van der Waals surface area (Å²) in [5.74, 6) is 6.29. The smallest absolute Gasteiger partial charge is 0.348 e. The summed E-state index contributed by atoms with van der Waals surface area (Å²) < 4.78 is 4.76. The van der Waals surface area contributed by atoms with Gasteiger partial charge < -0.3 is 14.7 Å². The molecule has 0 aliphatic carbocycles. The first-order valence-electron chi connectivity index (χ1n) is 12.3. The van der Waals surface area contributed by atoms with Crippen LogP contribution in [0.15, 0.2) is 54.6 Å². The molecule has 1 aromatic heterocycles. The lowest BCUT2D eigenvalue weighted by molar-refractivity contribution is -0.128. The Hall–Kier alpha value is -2.88. The number of rotatable bonds is 11. The predicted octanol–water partition coefficient (Wildman–Crippen LogP) is 5.04. The molecule has 35 heavy (non-hydrogen) atoms. The number of nitrogens with zero attached hydrogens (tertiary/aromatic N) is 1. The summed E-state index contributed by atoms with van der Waals surface area (Å²) in [4.78, 5) is 27.6. The van der Waals surface area contributed by atoms with Gasteiger partial charge in [-0.25, -0.2) is 4.79 Å². The molecule has 1 unspecified atom stereocenters. The van der Waals surface area contributed by atoms with Crippen LogP contribution in [0, 0.1) is 17.8 Å². The molecule has 1 aliphatic rings. The summed E-state index contributed by atoms with van der Waals surface area (Å²) in [5, 5.41) is 10.6. The number of thiophene rings is 1. The van der Waals surface area contributed by atoms with Crippen LogP contribution in [0.2, 0.25) is 0 Å². The van der Waals surface area contributed by atoms with Gasteiger partial charge in [0.15, 0.2) is 0 Å². The minimum absolute atomic E-state index is 0.0234. The summed E-state index contributed by atoms with van der Waals surface area (Å²) >= 11 is 1.44. The van der Waals surface area contributed by atoms with E-state index in [0.717, 1.165) is 37.0 Å². The van der Waals surface area contributed by atoms with E-state index in [1.807, 2.05) is 48.2 Å². The number of ether oxygens (including phenoxy) is 1. The Morgan fingerprint density at radius 3 is 2.80 bits per heavy atom. The van der Waals surface area contributed by atoms with Crippen LogP contribution in [0.25, 0.3) is 0 Å². The molecule has 0 spiro atoms. The Labute approximate surface area is 212 Å². The molecule has 1 aliphatic heterocycles. The summed E-state index contributed by atoms with van der Waals surface area (Å²) in [5.41, 5.74) is 1.29. The van der Waals surface area contributed by atoms with Crippen molar-refractivity contribution < 1.29 is 19.4 Å². The van der Waals surface area contributed by atoms with Gasteiger partial charge in [0.25, 0.3) is 0 Å². The van der Waals surface area contributed by atoms with Gasteiger partial charge in [0.05, 0.1) is 19.3 Å². The van der Waals surface area contributed by atoms with Crippen molar-refractivity contribution in [2.45, 2.75) is 64.0 Å². The molecule has 3 rings (SSSR count). The average molecular weight is 494 g/mol. The van der Waals surface area contributed by atoms with Crippen LogP contribution in [-0.4, -0.2) is 47.7 Å². The zero-order valence-corrected chi connectivity index (χ0v) is 21.4. The van der Waals surface area contributed by atoms with E-state index >= 15 is 0 Å². The molecule has 1 aromatic carbocycles. The molecule has 186 valence electrons. The molecule has 3 atom stereocenters. The van der Waals surface area contributed by atoms with E-state index in [2.05, 4.69) is 24.0 Å². The molecule has 1 amide bonds. The normalized spacial score (nSPS) is 17.3. The number of benzene rings is 1. The topological polar surface area (TPSA) is 66.8 Å². The number of methoxy groups -OCH3 is 1.